The fourth-order valence-corrected chi connectivity index (χ4v) is 3.76. The molecular formula is C25H34N2O6. The van der Waals surface area contributed by atoms with Crippen LogP contribution in [-0.2, 0) is 9.47 Å². The maximum absolute atomic E-state index is 13.0. The van der Waals surface area contributed by atoms with Gasteiger partial charge in [-0.2, -0.15) is 0 Å². The van der Waals surface area contributed by atoms with Crippen molar-refractivity contribution < 1.29 is 28.8 Å². The van der Waals surface area contributed by atoms with Gasteiger partial charge in [0.15, 0.2) is 0 Å². The smallest absolute Gasteiger partial charge is 0.254 e. The van der Waals surface area contributed by atoms with Crippen LogP contribution in [-0.4, -0.2) is 99.8 Å². The number of morpholine rings is 1. The average molecular weight is 459 g/mol. The number of benzene rings is 2. The zero-order valence-electron chi connectivity index (χ0n) is 19.4. The summed E-state index contributed by atoms with van der Waals surface area (Å²) in [6.45, 7) is 3.98. The average Bonchev–Trinajstić information content (AvgIpc) is 2.86. The summed E-state index contributed by atoms with van der Waals surface area (Å²) in [5.41, 5.74) is 0.646. The minimum atomic E-state index is -0.638. The highest BCUT2D eigenvalue weighted by atomic mass is 16.5. The summed E-state index contributed by atoms with van der Waals surface area (Å²) in [6, 6.07) is 16.5. The molecule has 180 valence electrons. The van der Waals surface area contributed by atoms with Crippen LogP contribution in [0.15, 0.2) is 54.6 Å². The van der Waals surface area contributed by atoms with Gasteiger partial charge in [0.25, 0.3) is 5.91 Å². The van der Waals surface area contributed by atoms with Gasteiger partial charge in [-0.3, -0.25) is 9.69 Å². The lowest BCUT2D eigenvalue weighted by atomic mass is 10.1. The SMILES string of the molecule is COCCN(C[C@@H]1CN(C[C@H](O)COc2ccc(OC)cc2)CCO1)C(=O)c1ccccc1. The lowest BCUT2D eigenvalue weighted by Crippen LogP contribution is -2.51. The van der Waals surface area contributed by atoms with Crippen LogP contribution in [0.1, 0.15) is 10.4 Å². The molecule has 1 fully saturated rings. The van der Waals surface area contributed by atoms with E-state index in [-0.39, 0.29) is 18.6 Å². The number of ether oxygens (including phenoxy) is 4. The zero-order valence-corrected chi connectivity index (χ0v) is 19.4. The molecule has 2 atom stereocenters. The van der Waals surface area contributed by atoms with E-state index in [1.54, 1.807) is 19.1 Å². The van der Waals surface area contributed by atoms with Crippen LogP contribution in [0.25, 0.3) is 0 Å². The fourth-order valence-electron chi connectivity index (χ4n) is 3.76. The van der Waals surface area contributed by atoms with Crippen molar-refractivity contribution in [3.05, 3.63) is 60.2 Å². The molecule has 1 saturated heterocycles. The number of aliphatic hydroxyl groups is 1. The Morgan fingerprint density at radius 2 is 1.88 bits per heavy atom. The van der Waals surface area contributed by atoms with Gasteiger partial charge in [0, 0.05) is 45.4 Å². The van der Waals surface area contributed by atoms with E-state index in [0.29, 0.717) is 50.7 Å². The molecule has 33 heavy (non-hydrogen) atoms. The Kier molecular flexibility index (Phi) is 9.96. The van der Waals surface area contributed by atoms with Gasteiger partial charge >= 0.3 is 0 Å². The lowest BCUT2D eigenvalue weighted by Gasteiger charge is -2.36. The minimum absolute atomic E-state index is 0.0405. The topological polar surface area (TPSA) is 80.7 Å². The number of nitrogens with zero attached hydrogens (tertiary/aromatic N) is 2. The van der Waals surface area contributed by atoms with Crippen LogP contribution in [0.5, 0.6) is 11.5 Å². The number of hydrogen-bond donors (Lipinski definition) is 1. The molecule has 0 unspecified atom stereocenters. The molecule has 0 saturated carbocycles. The Morgan fingerprint density at radius 1 is 1.15 bits per heavy atom. The number of hydrogen-bond acceptors (Lipinski definition) is 7. The number of β-amino-alcohol motifs (C(OH)–C–C–N with tert-alkyl or cyclic N) is 1. The first-order valence-corrected chi connectivity index (χ1v) is 11.2. The molecule has 1 heterocycles. The summed E-state index contributed by atoms with van der Waals surface area (Å²) in [7, 11) is 3.24. The van der Waals surface area contributed by atoms with Crippen molar-refractivity contribution in [3.8, 4) is 11.5 Å². The molecule has 1 N–H and O–H groups in total. The second kappa shape index (κ2) is 13.2. The molecule has 1 aliphatic rings. The van der Waals surface area contributed by atoms with Gasteiger partial charge < -0.3 is 29.0 Å². The number of carbonyl (C=O) groups excluding carboxylic acids is 1. The van der Waals surface area contributed by atoms with E-state index in [1.165, 1.54) is 0 Å². The summed E-state index contributed by atoms with van der Waals surface area (Å²) in [5.74, 6) is 1.40. The van der Waals surface area contributed by atoms with E-state index in [0.717, 1.165) is 12.3 Å². The van der Waals surface area contributed by atoms with Crippen molar-refractivity contribution in [3.63, 3.8) is 0 Å². The van der Waals surface area contributed by atoms with E-state index in [1.807, 2.05) is 54.6 Å². The summed E-state index contributed by atoms with van der Waals surface area (Å²) in [5, 5.41) is 10.5. The molecule has 1 amide bonds. The van der Waals surface area contributed by atoms with Gasteiger partial charge in [-0.1, -0.05) is 18.2 Å². The standard InChI is InChI=1S/C25H34N2O6/c1-30-14-13-27(25(29)20-6-4-3-5-7-20)18-24-17-26(12-15-32-24)16-21(28)19-33-23-10-8-22(31-2)9-11-23/h3-11,21,24,28H,12-19H2,1-2H3/t21-,24-/m0/s1. The highest BCUT2D eigenvalue weighted by Crippen LogP contribution is 2.17. The second-order valence-electron chi connectivity index (χ2n) is 8.00. The Hall–Kier alpha value is -2.65. The van der Waals surface area contributed by atoms with E-state index in [2.05, 4.69) is 4.90 Å². The molecule has 0 radical (unpaired) electrons. The third-order valence-electron chi connectivity index (χ3n) is 5.49. The highest BCUT2D eigenvalue weighted by molar-refractivity contribution is 5.94. The molecular weight excluding hydrogens is 424 g/mol. The molecule has 1 aliphatic heterocycles. The van der Waals surface area contributed by atoms with Crippen LogP contribution < -0.4 is 9.47 Å². The number of aliphatic hydroxyl groups excluding tert-OH is 1. The summed E-state index contributed by atoms with van der Waals surface area (Å²) >= 11 is 0. The van der Waals surface area contributed by atoms with Gasteiger partial charge in [0.1, 0.15) is 24.2 Å². The van der Waals surface area contributed by atoms with Crippen molar-refractivity contribution in [2.24, 2.45) is 0 Å². The molecule has 0 aromatic heterocycles. The Labute approximate surface area is 195 Å². The summed E-state index contributed by atoms with van der Waals surface area (Å²) < 4.78 is 22.0. The molecule has 0 bridgehead atoms. The number of carbonyl (C=O) groups is 1. The van der Waals surface area contributed by atoms with E-state index in [4.69, 9.17) is 18.9 Å². The lowest BCUT2D eigenvalue weighted by molar-refractivity contribution is -0.0546. The zero-order chi connectivity index (χ0) is 23.5. The number of rotatable bonds is 12. The minimum Gasteiger partial charge on any atom is -0.497 e. The predicted molar refractivity (Wildman–Crippen MR) is 125 cm³/mol. The van der Waals surface area contributed by atoms with Gasteiger partial charge in [0.2, 0.25) is 0 Å². The maximum Gasteiger partial charge on any atom is 0.254 e. The first-order chi connectivity index (χ1) is 16.1. The molecule has 2 aromatic rings. The number of amides is 1. The van der Waals surface area contributed by atoms with Gasteiger partial charge in [-0.05, 0) is 36.4 Å². The van der Waals surface area contributed by atoms with Crippen LogP contribution in [0, 0.1) is 0 Å². The quantitative estimate of drug-likeness (QED) is 0.521. The highest BCUT2D eigenvalue weighted by Gasteiger charge is 2.26. The second-order valence-corrected chi connectivity index (χ2v) is 8.00. The third-order valence-corrected chi connectivity index (χ3v) is 5.49. The molecule has 8 nitrogen and oxygen atoms in total. The molecule has 3 rings (SSSR count). The largest absolute Gasteiger partial charge is 0.497 e. The first kappa shape index (κ1) is 25.0. The van der Waals surface area contributed by atoms with E-state index >= 15 is 0 Å². The van der Waals surface area contributed by atoms with Crippen molar-refractivity contribution in [1.82, 2.24) is 9.80 Å². The first-order valence-electron chi connectivity index (χ1n) is 11.2. The van der Waals surface area contributed by atoms with Gasteiger partial charge in [-0.15, -0.1) is 0 Å². The van der Waals surface area contributed by atoms with Gasteiger partial charge in [-0.25, -0.2) is 0 Å². The van der Waals surface area contributed by atoms with Crippen molar-refractivity contribution >= 4 is 5.91 Å². The monoisotopic (exact) mass is 458 g/mol. The van der Waals surface area contributed by atoms with E-state index in [9.17, 15) is 9.90 Å². The number of methoxy groups -OCH3 is 2. The summed E-state index contributed by atoms with van der Waals surface area (Å²) in [4.78, 5) is 16.9. The maximum atomic E-state index is 13.0. The van der Waals surface area contributed by atoms with Crippen molar-refractivity contribution in [2.45, 2.75) is 12.2 Å². The van der Waals surface area contributed by atoms with Crippen molar-refractivity contribution in [2.75, 3.05) is 66.8 Å². The molecule has 0 aliphatic carbocycles. The molecule has 0 spiro atoms. The van der Waals surface area contributed by atoms with E-state index < -0.39 is 6.10 Å². The van der Waals surface area contributed by atoms with Crippen molar-refractivity contribution in [1.29, 1.82) is 0 Å². The van der Waals surface area contributed by atoms with Crippen LogP contribution in [0.2, 0.25) is 0 Å². The fraction of sp³-hybridized carbons (Fsp3) is 0.480. The summed E-state index contributed by atoms with van der Waals surface area (Å²) in [6.07, 6.45) is -0.778. The van der Waals surface area contributed by atoms with Crippen LogP contribution in [0.3, 0.4) is 0 Å². The third kappa shape index (κ3) is 8.01. The van der Waals surface area contributed by atoms with Crippen LogP contribution in [0.4, 0.5) is 0 Å². The molecule has 8 heteroatoms. The Balaban J connectivity index is 1.49. The predicted octanol–water partition coefficient (Wildman–Crippen LogP) is 1.92. The van der Waals surface area contributed by atoms with Gasteiger partial charge in [0.05, 0.1) is 26.4 Å². The Morgan fingerprint density at radius 3 is 2.58 bits per heavy atom. The Bertz CT molecular complexity index is 833. The molecule has 2 aromatic carbocycles. The normalized spacial score (nSPS) is 17.4. The van der Waals surface area contributed by atoms with Crippen LogP contribution >= 0.6 is 0 Å².